The van der Waals surface area contributed by atoms with E-state index in [9.17, 15) is 13.2 Å². The van der Waals surface area contributed by atoms with E-state index in [2.05, 4.69) is 10.5 Å². The van der Waals surface area contributed by atoms with E-state index in [1.165, 1.54) is 6.07 Å². The van der Waals surface area contributed by atoms with Crippen molar-refractivity contribution in [1.82, 2.24) is 5.43 Å². The van der Waals surface area contributed by atoms with Gasteiger partial charge in [0.05, 0.1) is 17.0 Å². The highest BCUT2D eigenvalue weighted by molar-refractivity contribution is 6.10. The Morgan fingerprint density at radius 3 is 2.50 bits per heavy atom. The molecule has 0 fully saturated rings. The zero-order valence-corrected chi connectivity index (χ0v) is 8.42. The lowest BCUT2D eigenvalue weighted by Crippen LogP contribution is -2.06. The summed E-state index contributed by atoms with van der Waals surface area (Å²) in [7, 11) is 0. The molecule has 2 rings (SSSR count). The number of allylic oxidation sites excluding steroid dienone is 2. The number of hydrogen-bond donors (Lipinski definition) is 0. The standard InChI is InChI=1S/C11H8F3N2/c1-7-5-10(16-15-7)8-3-2-4-9(6-8)11(12,13)14/h2-6H,1H3. The van der Waals surface area contributed by atoms with Gasteiger partial charge < -0.3 is 0 Å². The van der Waals surface area contributed by atoms with Gasteiger partial charge in [-0.25, -0.2) is 0 Å². The molecule has 0 bridgehead atoms. The van der Waals surface area contributed by atoms with E-state index in [-0.39, 0.29) is 0 Å². The Bertz CT molecular complexity index is 472. The lowest BCUT2D eigenvalue weighted by Gasteiger charge is -2.07. The number of alkyl halides is 3. The van der Waals surface area contributed by atoms with Gasteiger partial charge in [0.15, 0.2) is 0 Å². The maximum Gasteiger partial charge on any atom is 0.416 e. The molecule has 1 aliphatic rings. The SMILES string of the molecule is CC1=CC(c2cccc(C(F)(F)F)c2)=N[N]1. The molecular formula is C11H8F3N2. The summed E-state index contributed by atoms with van der Waals surface area (Å²) in [6, 6.07) is 5.05. The van der Waals surface area contributed by atoms with E-state index in [0.717, 1.165) is 12.1 Å². The number of rotatable bonds is 1. The summed E-state index contributed by atoms with van der Waals surface area (Å²) in [5.41, 5.74) is 4.65. The summed E-state index contributed by atoms with van der Waals surface area (Å²) in [6.07, 6.45) is -2.68. The Morgan fingerprint density at radius 1 is 1.19 bits per heavy atom. The van der Waals surface area contributed by atoms with Crippen molar-refractivity contribution in [2.75, 3.05) is 0 Å². The van der Waals surface area contributed by atoms with Crippen LogP contribution >= 0.6 is 0 Å². The summed E-state index contributed by atoms with van der Waals surface area (Å²) in [5, 5.41) is 3.79. The van der Waals surface area contributed by atoms with Crippen LogP contribution in [0.2, 0.25) is 0 Å². The van der Waals surface area contributed by atoms with Crippen molar-refractivity contribution in [3.8, 4) is 0 Å². The van der Waals surface area contributed by atoms with Crippen molar-refractivity contribution >= 4 is 5.71 Å². The third-order valence-electron chi connectivity index (χ3n) is 2.15. The monoisotopic (exact) mass is 225 g/mol. The average molecular weight is 225 g/mol. The molecule has 1 aromatic rings. The van der Waals surface area contributed by atoms with E-state index >= 15 is 0 Å². The Balaban J connectivity index is 2.37. The van der Waals surface area contributed by atoms with Crippen LogP contribution in [0.5, 0.6) is 0 Å². The van der Waals surface area contributed by atoms with Gasteiger partial charge in [0.25, 0.3) is 0 Å². The highest BCUT2D eigenvalue weighted by Gasteiger charge is 2.30. The summed E-state index contributed by atoms with van der Waals surface area (Å²) in [4.78, 5) is 0. The van der Waals surface area contributed by atoms with Crippen molar-refractivity contribution in [3.63, 3.8) is 0 Å². The van der Waals surface area contributed by atoms with Gasteiger partial charge in [-0.2, -0.15) is 23.7 Å². The highest BCUT2D eigenvalue weighted by atomic mass is 19.4. The van der Waals surface area contributed by atoms with E-state index in [1.807, 2.05) is 0 Å². The number of halogens is 3. The van der Waals surface area contributed by atoms with Gasteiger partial charge in [-0.15, -0.1) is 0 Å². The summed E-state index contributed by atoms with van der Waals surface area (Å²) >= 11 is 0. The molecule has 2 nitrogen and oxygen atoms in total. The molecule has 0 saturated carbocycles. The van der Waals surface area contributed by atoms with Gasteiger partial charge in [0.1, 0.15) is 0 Å². The molecule has 0 spiro atoms. The van der Waals surface area contributed by atoms with Gasteiger partial charge >= 0.3 is 6.18 Å². The molecule has 1 aliphatic heterocycles. The highest BCUT2D eigenvalue weighted by Crippen LogP contribution is 2.29. The molecule has 1 heterocycles. The Morgan fingerprint density at radius 2 is 1.94 bits per heavy atom. The molecule has 1 radical (unpaired) electrons. The lowest BCUT2D eigenvalue weighted by atomic mass is 10.1. The topological polar surface area (TPSA) is 26.5 Å². The van der Waals surface area contributed by atoms with Gasteiger partial charge in [-0.3, -0.25) is 0 Å². The van der Waals surface area contributed by atoms with Crippen LogP contribution in [0.25, 0.3) is 0 Å². The fourth-order valence-electron chi connectivity index (χ4n) is 1.38. The van der Waals surface area contributed by atoms with Crippen LogP contribution in [-0.2, 0) is 6.18 Å². The molecule has 0 atom stereocenters. The quantitative estimate of drug-likeness (QED) is 0.702. The van der Waals surface area contributed by atoms with Crippen LogP contribution in [0.3, 0.4) is 0 Å². The summed E-state index contributed by atoms with van der Waals surface area (Å²) < 4.78 is 37.4. The van der Waals surface area contributed by atoms with Crippen LogP contribution in [0.1, 0.15) is 18.1 Å². The summed E-state index contributed by atoms with van der Waals surface area (Å²) in [5.74, 6) is 0. The van der Waals surface area contributed by atoms with Gasteiger partial charge in [0.2, 0.25) is 0 Å². The molecule has 0 unspecified atom stereocenters. The van der Waals surface area contributed by atoms with Gasteiger partial charge in [-0.1, -0.05) is 12.1 Å². The molecule has 1 aromatic carbocycles. The molecule has 5 heteroatoms. The maximum absolute atomic E-state index is 12.5. The number of hydrogen-bond acceptors (Lipinski definition) is 1. The van der Waals surface area contributed by atoms with Crippen LogP contribution in [0.4, 0.5) is 13.2 Å². The van der Waals surface area contributed by atoms with E-state index < -0.39 is 11.7 Å². The fourth-order valence-corrected chi connectivity index (χ4v) is 1.38. The zero-order valence-electron chi connectivity index (χ0n) is 8.42. The normalized spacial score (nSPS) is 15.5. The molecule has 0 amide bonds. The second kappa shape index (κ2) is 3.66. The lowest BCUT2D eigenvalue weighted by molar-refractivity contribution is -0.137. The molecule has 0 saturated heterocycles. The molecule has 16 heavy (non-hydrogen) atoms. The smallest absolute Gasteiger partial charge is 0.166 e. The minimum Gasteiger partial charge on any atom is -0.166 e. The largest absolute Gasteiger partial charge is 0.416 e. The Kier molecular flexibility index (Phi) is 2.46. The van der Waals surface area contributed by atoms with Crippen molar-refractivity contribution < 1.29 is 13.2 Å². The van der Waals surface area contributed by atoms with Gasteiger partial charge in [-0.05, 0) is 25.1 Å². The summed E-state index contributed by atoms with van der Waals surface area (Å²) in [6.45, 7) is 1.74. The zero-order chi connectivity index (χ0) is 11.8. The van der Waals surface area contributed by atoms with Crippen LogP contribution in [0.15, 0.2) is 41.1 Å². The first-order valence-corrected chi connectivity index (χ1v) is 4.61. The maximum atomic E-state index is 12.5. The van der Waals surface area contributed by atoms with E-state index in [4.69, 9.17) is 0 Å². The van der Waals surface area contributed by atoms with Gasteiger partial charge in [0, 0.05) is 5.56 Å². The minimum atomic E-state index is -4.33. The van der Waals surface area contributed by atoms with Crippen molar-refractivity contribution in [2.24, 2.45) is 5.10 Å². The van der Waals surface area contributed by atoms with Crippen molar-refractivity contribution in [1.29, 1.82) is 0 Å². The van der Waals surface area contributed by atoms with Crippen molar-refractivity contribution in [2.45, 2.75) is 13.1 Å². The van der Waals surface area contributed by atoms with Crippen LogP contribution < -0.4 is 5.43 Å². The Hall–Kier alpha value is -1.78. The number of benzene rings is 1. The fraction of sp³-hybridized carbons (Fsp3) is 0.182. The predicted octanol–water partition coefficient (Wildman–Crippen LogP) is 2.93. The van der Waals surface area contributed by atoms with Crippen molar-refractivity contribution in [3.05, 3.63) is 47.2 Å². The second-order valence-electron chi connectivity index (χ2n) is 3.45. The molecular weight excluding hydrogens is 217 g/mol. The van der Waals surface area contributed by atoms with E-state index in [1.54, 1.807) is 19.1 Å². The minimum absolute atomic E-state index is 0.426. The third kappa shape index (κ3) is 2.08. The Labute approximate surface area is 90.5 Å². The molecule has 0 N–H and O–H groups in total. The third-order valence-corrected chi connectivity index (χ3v) is 2.15. The molecule has 83 valence electrons. The predicted molar refractivity (Wildman–Crippen MR) is 53.9 cm³/mol. The first-order chi connectivity index (χ1) is 7.47. The van der Waals surface area contributed by atoms with E-state index in [0.29, 0.717) is 17.0 Å². The first-order valence-electron chi connectivity index (χ1n) is 4.61. The average Bonchev–Trinajstić information content (AvgIpc) is 2.64. The molecule has 0 aliphatic carbocycles. The van der Waals surface area contributed by atoms with Crippen LogP contribution in [-0.4, -0.2) is 5.71 Å². The number of nitrogens with zero attached hydrogens (tertiary/aromatic N) is 2. The van der Waals surface area contributed by atoms with Crippen LogP contribution in [0, 0.1) is 0 Å². The second-order valence-corrected chi connectivity index (χ2v) is 3.45. The first kappa shape index (κ1) is 10.7. The molecule has 0 aromatic heterocycles.